The van der Waals surface area contributed by atoms with E-state index < -0.39 is 5.60 Å². The summed E-state index contributed by atoms with van der Waals surface area (Å²) in [6, 6.07) is 0. The van der Waals surface area contributed by atoms with Crippen molar-refractivity contribution in [1.82, 2.24) is 15.5 Å². The molecule has 0 saturated heterocycles. The zero-order valence-electron chi connectivity index (χ0n) is 8.78. The second-order valence-electron chi connectivity index (χ2n) is 4.19. The van der Waals surface area contributed by atoms with Gasteiger partial charge in [-0.25, -0.2) is 0 Å². The summed E-state index contributed by atoms with van der Waals surface area (Å²) in [5, 5.41) is 16.8. The molecule has 5 heteroatoms. The van der Waals surface area contributed by atoms with Crippen molar-refractivity contribution < 1.29 is 9.63 Å². The summed E-state index contributed by atoms with van der Waals surface area (Å²) in [5.74, 6) is 0.640. The van der Waals surface area contributed by atoms with E-state index in [4.69, 9.17) is 4.52 Å². The molecule has 1 heterocycles. The smallest absolute Gasteiger partial charge is 0.227 e. The van der Waals surface area contributed by atoms with E-state index in [1.807, 2.05) is 0 Å². The molecule has 0 amide bonds. The summed E-state index contributed by atoms with van der Waals surface area (Å²) in [5.41, 5.74) is -0.477. The Morgan fingerprint density at radius 2 is 2.27 bits per heavy atom. The van der Waals surface area contributed by atoms with Crippen LogP contribution in [0.1, 0.15) is 31.6 Å². The molecule has 0 atom stereocenters. The molecule has 84 valence electrons. The molecule has 2 N–H and O–H groups in total. The third kappa shape index (κ3) is 3.00. The van der Waals surface area contributed by atoms with Gasteiger partial charge in [0.1, 0.15) is 0 Å². The number of rotatable bonds is 5. The van der Waals surface area contributed by atoms with Crippen LogP contribution >= 0.6 is 0 Å². The highest BCUT2D eigenvalue weighted by Gasteiger charge is 2.30. The van der Waals surface area contributed by atoms with Crippen molar-refractivity contribution >= 4 is 0 Å². The molecule has 1 aliphatic rings. The number of hydrogen-bond donors (Lipinski definition) is 2. The molecular weight excluding hydrogens is 194 g/mol. The highest BCUT2D eigenvalue weighted by atomic mass is 16.5. The quantitative estimate of drug-likeness (QED) is 0.694. The third-order valence-electron chi connectivity index (χ3n) is 2.91. The first-order valence-electron chi connectivity index (χ1n) is 5.47. The molecule has 0 aliphatic heterocycles. The molecule has 0 aromatic carbocycles. The maximum Gasteiger partial charge on any atom is 0.227 e. The lowest BCUT2D eigenvalue weighted by atomic mass is 10.0. The number of aromatic nitrogens is 2. The Bertz CT molecular complexity index is 281. The first kappa shape index (κ1) is 10.6. The first-order valence-corrected chi connectivity index (χ1v) is 5.47. The minimum absolute atomic E-state index is 0.477. The average Bonchev–Trinajstić information content (AvgIpc) is 2.84. The summed E-state index contributed by atoms with van der Waals surface area (Å²) in [4.78, 5) is 3.92. The van der Waals surface area contributed by atoms with Crippen molar-refractivity contribution in [3.05, 3.63) is 12.2 Å². The van der Waals surface area contributed by atoms with Crippen LogP contribution in [0.5, 0.6) is 0 Å². The molecular formula is C10H17N3O2. The molecule has 1 aromatic rings. The van der Waals surface area contributed by atoms with Crippen LogP contribution in [0.15, 0.2) is 10.9 Å². The Morgan fingerprint density at radius 1 is 1.47 bits per heavy atom. The number of aliphatic hydroxyl groups is 1. The highest BCUT2D eigenvalue weighted by Crippen LogP contribution is 2.28. The average molecular weight is 211 g/mol. The van der Waals surface area contributed by atoms with Crippen LogP contribution in [0.4, 0.5) is 0 Å². The molecule has 1 aromatic heterocycles. The lowest BCUT2D eigenvalue weighted by Gasteiger charge is -2.22. The second-order valence-corrected chi connectivity index (χ2v) is 4.19. The van der Waals surface area contributed by atoms with Crippen LogP contribution in [0.25, 0.3) is 0 Å². The summed E-state index contributed by atoms with van der Waals surface area (Å²) in [6.45, 7) is 1.44. The standard InChI is InChI=1S/C10H17N3O2/c14-10(4-1-2-5-10)7-11-6-3-9-12-8-13-15-9/h8,11,14H,1-7H2. The molecule has 0 unspecified atom stereocenters. The van der Waals surface area contributed by atoms with E-state index in [1.165, 1.54) is 6.33 Å². The topological polar surface area (TPSA) is 71.2 Å². The largest absolute Gasteiger partial charge is 0.389 e. The summed E-state index contributed by atoms with van der Waals surface area (Å²) < 4.78 is 4.87. The fourth-order valence-electron chi connectivity index (χ4n) is 2.03. The predicted octanol–water partition coefficient (Wildman–Crippen LogP) is 0.507. The van der Waals surface area contributed by atoms with E-state index in [-0.39, 0.29) is 0 Å². The second kappa shape index (κ2) is 4.72. The molecule has 1 saturated carbocycles. The van der Waals surface area contributed by atoms with Gasteiger partial charge in [0.2, 0.25) is 5.89 Å². The molecule has 0 spiro atoms. The SMILES string of the molecule is OC1(CNCCc2ncno2)CCCC1. The molecule has 15 heavy (non-hydrogen) atoms. The molecule has 0 bridgehead atoms. The lowest BCUT2D eigenvalue weighted by Crippen LogP contribution is -2.38. The van der Waals surface area contributed by atoms with Gasteiger partial charge < -0.3 is 14.9 Å². The maximum absolute atomic E-state index is 10.0. The van der Waals surface area contributed by atoms with Gasteiger partial charge in [0.05, 0.1) is 5.60 Å². The van der Waals surface area contributed by atoms with Crippen LogP contribution < -0.4 is 5.32 Å². The van der Waals surface area contributed by atoms with E-state index in [9.17, 15) is 5.11 Å². The Labute approximate surface area is 88.9 Å². The van der Waals surface area contributed by atoms with Gasteiger partial charge in [-0.3, -0.25) is 0 Å². The van der Waals surface area contributed by atoms with Gasteiger partial charge in [-0.2, -0.15) is 4.98 Å². The minimum atomic E-state index is -0.477. The third-order valence-corrected chi connectivity index (χ3v) is 2.91. The van der Waals surface area contributed by atoms with Gasteiger partial charge in [0, 0.05) is 19.5 Å². The normalized spacial score (nSPS) is 19.5. The maximum atomic E-state index is 10.0. The van der Waals surface area contributed by atoms with E-state index in [1.54, 1.807) is 0 Å². The summed E-state index contributed by atoms with van der Waals surface area (Å²) >= 11 is 0. The van der Waals surface area contributed by atoms with E-state index in [0.29, 0.717) is 12.4 Å². The van der Waals surface area contributed by atoms with Crippen molar-refractivity contribution in [2.24, 2.45) is 0 Å². The highest BCUT2D eigenvalue weighted by molar-refractivity contribution is 4.86. The van der Waals surface area contributed by atoms with Crippen LogP contribution in [0.2, 0.25) is 0 Å². The fraction of sp³-hybridized carbons (Fsp3) is 0.800. The number of nitrogens with one attached hydrogen (secondary N) is 1. The minimum Gasteiger partial charge on any atom is -0.389 e. The van der Waals surface area contributed by atoms with Crippen LogP contribution in [-0.2, 0) is 6.42 Å². The van der Waals surface area contributed by atoms with Crippen molar-refractivity contribution in [1.29, 1.82) is 0 Å². The molecule has 0 radical (unpaired) electrons. The number of nitrogens with zero attached hydrogens (tertiary/aromatic N) is 2. The Kier molecular flexibility index (Phi) is 3.33. The van der Waals surface area contributed by atoms with Crippen LogP contribution in [0.3, 0.4) is 0 Å². The van der Waals surface area contributed by atoms with Crippen LogP contribution in [-0.4, -0.2) is 33.9 Å². The van der Waals surface area contributed by atoms with Gasteiger partial charge >= 0.3 is 0 Å². The van der Waals surface area contributed by atoms with Crippen molar-refractivity contribution in [3.8, 4) is 0 Å². The fourth-order valence-corrected chi connectivity index (χ4v) is 2.03. The van der Waals surface area contributed by atoms with Gasteiger partial charge in [-0.05, 0) is 12.8 Å². The number of hydrogen-bond acceptors (Lipinski definition) is 5. The van der Waals surface area contributed by atoms with Gasteiger partial charge in [0.25, 0.3) is 0 Å². The van der Waals surface area contributed by atoms with E-state index in [2.05, 4.69) is 15.5 Å². The first-order chi connectivity index (χ1) is 7.29. The summed E-state index contributed by atoms with van der Waals surface area (Å²) in [7, 11) is 0. The lowest BCUT2D eigenvalue weighted by molar-refractivity contribution is 0.0479. The van der Waals surface area contributed by atoms with Gasteiger partial charge in [-0.15, -0.1) is 0 Å². The van der Waals surface area contributed by atoms with Gasteiger partial charge in [-0.1, -0.05) is 18.0 Å². The monoisotopic (exact) mass is 211 g/mol. The van der Waals surface area contributed by atoms with Crippen molar-refractivity contribution in [3.63, 3.8) is 0 Å². The Morgan fingerprint density at radius 3 is 2.93 bits per heavy atom. The zero-order chi connectivity index (χ0) is 10.6. The van der Waals surface area contributed by atoms with Crippen molar-refractivity contribution in [2.45, 2.75) is 37.7 Å². The van der Waals surface area contributed by atoms with Crippen LogP contribution in [0, 0.1) is 0 Å². The van der Waals surface area contributed by atoms with Gasteiger partial charge in [0.15, 0.2) is 6.33 Å². The van der Waals surface area contributed by atoms with E-state index >= 15 is 0 Å². The predicted molar refractivity (Wildman–Crippen MR) is 54.3 cm³/mol. The van der Waals surface area contributed by atoms with E-state index in [0.717, 1.165) is 38.6 Å². The zero-order valence-corrected chi connectivity index (χ0v) is 8.78. The molecule has 1 fully saturated rings. The summed E-state index contributed by atoms with van der Waals surface area (Å²) in [6.07, 6.45) is 6.24. The molecule has 1 aliphatic carbocycles. The molecule has 2 rings (SSSR count). The Balaban J connectivity index is 1.62. The Hall–Kier alpha value is -0.940. The van der Waals surface area contributed by atoms with Crippen molar-refractivity contribution in [2.75, 3.05) is 13.1 Å². The molecule has 5 nitrogen and oxygen atoms in total.